The fourth-order valence-electron chi connectivity index (χ4n) is 3.05. The fraction of sp³-hybridized carbons (Fsp3) is 0.286. The van der Waals surface area contributed by atoms with Crippen LogP contribution in [-0.4, -0.2) is 15.5 Å². The van der Waals surface area contributed by atoms with Gasteiger partial charge in [0.05, 0.1) is 10.9 Å². The zero-order valence-corrected chi connectivity index (χ0v) is 18.9. The molecule has 0 saturated carbocycles. The van der Waals surface area contributed by atoms with Gasteiger partial charge in [-0.2, -0.15) is 0 Å². The molecule has 0 fully saturated rings. The molecule has 0 aliphatic rings. The molecule has 1 amide bonds. The molecular formula is C21H21BrClN3O2S. The molecule has 152 valence electrons. The van der Waals surface area contributed by atoms with Crippen molar-refractivity contribution in [1.29, 1.82) is 0 Å². The van der Waals surface area contributed by atoms with Gasteiger partial charge in [-0.3, -0.25) is 14.2 Å². The topological polar surface area (TPSA) is 66.9 Å². The van der Waals surface area contributed by atoms with Crippen molar-refractivity contribution in [2.45, 2.75) is 38.8 Å². The van der Waals surface area contributed by atoms with E-state index >= 15 is 0 Å². The van der Waals surface area contributed by atoms with Crippen molar-refractivity contribution >= 4 is 56.6 Å². The molecule has 0 unspecified atom stereocenters. The zero-order chi connectivity index (χ0) is 20.8. The van der Waals surface area contributed by atoms with E-state index in [1.165, 1.54) is 0 Å². The van der Waals surface area contributed by atoms with Crippen LogP contribution in [0.5, 0.6) is 0 Å². The molecule has 2 aromatic carbocycles. The number of H-pyrrole nitrogens is 1. The number of hydrogen-bond donors (Lipinski definition) is 2. The molecule has 0 aliphatic heterocycles. The molecule has 5 nitrogen and oxygen atoms in total. The van der Waals surface area contributed by atoms with E-state index in [4.69, 9.17) is 23.8 Å². The molecule has 3 rings (SSSR count). The molecule has 0 spiro atoms. The van der Waals surface area contributed by atoms with Crippen LogP contribution in [0.3, 0.4) is 0 Å². The third-order valence-corrected chi connectivity index (χ3v) is 5.70. The number of carbonyl (C=O) groups excluding carboxylic acids is 1. The standard InChI is InChI=1S/C21H21BrClN3O2S/c22-15-7-10-18-17(12-15)20(28)26(21(29)25-18)11-3-1-2-4-19(27)24-13-14-5-8-16(23)9-6-14/h5-10,12H,1-4,11,13H2,(H,24,27)(H,25,29). The average molecular weight is 495 g/mol. The van der Waals surface area contributed by atoms with Crippen LogP contribution in [0, 0.1) is 4.77 Å². The summed E-state index contributed by atoms with van der Waals surface area (Å²) in [4.78, 5) is 27.8. The average Bonchev–Trinajstić information content (AvgIpc) is 2.70. The van der Waals surface area contributed by atoms with Crippen molar-refractivity contribution in [1.82, 2.24) is 14.9 Å². The van der Waals surface area contributed by atoms with E-state index in [1.54, 1.807) is 22.8 Å². The SMILES string of the molecule is O=C(CCCCCn1c(=S)[nH]c2ccc(Br)cc2c1=O)NCc1ccc(Cl)cc1. The normalized spacial score (nSPS) is 11.0. The van der Waals surface area contributed by atoms with Crippen molar-refractivity contribution in [2.75, 3.05) is 0 Å². The molecule has 1 aromatic heterocycles. The fourth-order valence-corrected chi connectivity index (χ4v) is 3.82. The molecule has 3 aromatic rings. The summed E-state index contributed by atoms with van der Waals surface area (Å²) in [5, 5.41) is 4.19. The van der Waals surface area contributed by atoms with Gasteiger partial charge < -0.3 is 10.3 Å². The lowest BCUT2D eigenvalue weighted by Gasteiger charge is -2.09. The number of aromatic amines is 1. The third kappa shape index (κ3) is 6.01. The van der Waals surface area contributed by atoms with Gasteiger partial charge in [0.2, 0.25) is 5.91 Å². The summed E-state index contributed by atoms with van der Waals surface area (Å²) in [7, 11) is 0. The van der Waals surface area contributed by atoms with Gasteiger partial charge in [0.25, 0.3) is 5.56 Å². The summed E-state index contributed by atoms with van der Waals surface area (Å²) in [5.74, 6) is 0.0185. The van der Waals surface area contributed by atoms with Crippen LogP contribution in [0.1, 0.15) is 31.2 Å². The zero-order valence-electron chi connectivity index (χ0n) is 15.7. The summed E-state index contributed by atoms with van der Waals surface area (Å²) >= 11 is 14.6. The van der Waals surface area contributed by atoms with E-state index in [2.05, 4.69) is 26.2 Å². The minimum Gasteiger partial charge on any atom is -0.352 e. The second-order valence-corrected chi connectivity index (χ2v) is 8.53. The number of nitrogens with one attached hydrogen (secondary N) is 2. The Morgan fingerprint density at radius 1 is 1.14 bits per heavy atom. The Bertz CT molecular complexity index is 1130. The second kappa shape index (κ2) is 10.2. The van der Waals surface area contributed by atoms with E-state index in [0.717, 1.165) is 34.8 Å². The van der Waals surface area contributed by atoms with Gasteiger partial charge in [-0.25, -0.2) is 0 Å². The van der Waals surface area contributed by atoms with Crippen LogP contribution in [0.15, 0.2) is 51.7 Å². The van der Waals surface area contributed by atoms with Gasteiger partial charge in [0.15, 0.2) is 4.77 Å². The number of aromatic nitrogens is 2. The predicted molar refractivity (Wildman–Crippen MR) is 123 cm³/mol. The van der Waals surface area contributed by atoms with E-state index in [0.29, 0.717) is 34.7 Å². The number of benzene rings is 2. The maximum Gasteiger partial charge on any atom is 0.262 e. The highest BCUT2D eigenvalue weighted by molar-refractivity contribution is 9.10. The number of rotatable bonds is 8. The number of amides is 1. The molecule has 0 radical (unpaired) electrons. The highest BCUT2D eigenvalue weighted by Gasteiger charge is 2.07. The predicted octanol–water partition coefficient (Wildman–Crippen LogP) is 5.35. The minimum absolute atomic E-state index is 0.0185. The van der Waals surface area contributed by atoms with Gasteiger partial charge in [0.1, 0.15) is 0 Å². The lowest BCUT2D eigenvalue weighted by Crippen LogP contribution is -2.23. The van der Waals surface area contributed by atoms with E-state index in [9.17, 15) is 9.59 Å². The van der Waals surface area contributed by atoms with Crippen LogP contribution in [0.4, 0.5) is 0 Å². The molecule has 0 bridgehead atoms. The van der Waals surface area contributed by atoms with E-state index in [-0.39, 0.29) is 11.5 Å². The Morgan fingerprint density at radius 3 is 2.66 bits per heavy atom. The van der Waals surface area contributed by atoms with Crippen LogP contribution in [-0.2, 0) is 17.9 Å². The molecular weight excluding hydrogens is 474 g/mol. The third-order valence-electron chi connectivity index (χ3n) is 4.63. The molecule has 0 saturated heterocycles. The number of carbonyl (C=O) groups is 1. The summed E-state index contributed by atoms with van der Waals surface area (Å²) in [6.07, 6.45) is 2.84. The molecule has 2 N–H and O–H groups in total. The van der Waals surface area contributed by atoms with Crippen molar-refractivity contribution < 1.29 is 4.79 Å². The number of unbranched alkanes of at least 4 members (excludes halogenated alkanes) is 2. The largest absolute Gasteiger partial charge is 0.352 e. The highest BCUT2D eigenvalue weighted by Crippen LogP contribution is 2.15. The highest BCUT2D eigenvalue weighted by atomic mass is 79.9. The van der Waals surface area contributed by atoms with Crippen LogP contribution in [0.25, 0.3) is 10.9 Å². The number of nitrogens with zero attached hydrogens (tertiary/aromatic N) is 1. The number of fused-ring (bicyclic) bond motifs is 1. The first-order valence-electron chi connectivity index (χ1n) is 9.37. The van der Waals surface area contributed by atoms with Gasteiger partial charge in [-0.15, -0.1) is 0 Å². The van der Waals surface area contributed by atoms with Crippen molar-refractivity contribution in [3.8, 4) is 0 Å². The number of halogens is 2. The van der Waals surface area contributed by atoms with Crippen LogP contribution in [0.2, 0.25) is 5.02 Å². The van der Waals surface area contributed by atoms with Gasteiger partial charge in [0, 0.05) is 29.0 Å². The Kier molecular flexibility index (Phi) is 7.64. The molecule has 0 atom stereocenters. The summed E-state index contributed by atoms with van der Waals surface area (Å²) in [5.41, 5.74) is 1.65. The maximum atomic E-state index is 12.7. The van der Waals surface area contributed by atoms with Crippen molar-refractivity contribution in [3.05, 3.63) is 72.6 Å². The first kappa shape index (κ1) is 21.7. The lowest BCUT2D eigenvalue weighted by molar-refractivity contribution is -0.121. The maximum absolute atomic E-state index is 12.7. The Hall–Kier alpha value is -1.96. The second-order valence-electron chi connectivity index (χ2n) is 6.79. The number of hydrogen-bond acceptors (Lipinski definition) is 3. The molecule has 8 heteroatoms. The van der Waals surface area contributed by atoms with Crippen LogP contribution < -0.4 is 10.9 Å². The summed E-state index contributed by atoms with van der Waals surface area (Å²) in [6, 6.07) is 12.9. The minimum atomic E-state index is -0.0919. The van der Waals surface area contributed by atoms with E-state index < -0.39 is 0 Å². The molecule has 0 aliphatic carbocycles. The van der Waals surface area contributed by atoms with Crippen molar-refractivity contribution in [3.63, 3.8) is 0 Å². The summed E-state index contributed by atoms with van der Waals surface area (Å²) < 4.78 is 2.86. The van der Waals surface area contributed by atoms with Gasteiger partial charge in [-0.1, -0.05) is 46.1 Å². The quantitative estimate of drug-likeness (QED) is 0.328. The Morgan fingerprint density at radius 2 is 1.90 bits per heavy atom. The first-order chi connectivity index (χ1) is 13.9. The lowest BCUT2D eigenvalue weighted by atomic mass is 10.1. The monoisotopic (exact) mass is 493 g/mol. The Balaban J connectivity index is 1.46. The smallest absolute Gasteiger partial charge is 0.262 e. The first-order valence-corrected chi connectivity index (χ1v) is 11.0. The molecule has 1 heterocycles. The van der Waals surface area contributed by atoms with Gasteiger partial charge >= 0.3 is 0 Å². The molecule has 29 heavy (non-hydrogen) atoms. The van der Waals surface area contributed by atoms with E-state index in [1.807, 2.05) is 24.3 Å². The Labute approximate surface area is 187 Å². The van der Waals surface area contributed by atoms with Crippen molar-refractivity contribution in [2.24, 2.45) is 0 Å². The van der Waals surface area contributed by atoms with Gasteiger partial charge in [-0.05, 0) is 61.0 Å². The summed E-state index contributed by atoms with van der Waals surface area (Å²) in [6.45, 7) is 1.02. The van der Waals surface area contributed by atoms with Crippen LogP contribution >= 0.6 is 39.7 Å².